The Labute approximate surface area is 85.6 Å². The minimum absolute atomic E-state index is 0.944. The van der Waals surface area contributed by atoms with Crippen LogP contribution >= 0.6 is 23.1 Å². The maximum atomic E-state index is 4.13. The first-order valence-corrected chi connectivity index (χ1v) is 5.90. The third-order valence-corrected chi connectivity index (χ3v) is 3.35. The van der Waals surface area contributed by atoms with E-state index < -0.39 is 0 Å². The van der Waals surface area contributed by atoms with Crippen LogP contribution in [0.5, 0.6) is 0 Å². The van der Waals surface area contributed by atoms with Gasteiger partial charge in [0.15, 0.2) is 11.0 Å². The van der Waals surface area contributed by atoms with E-state index in [9.17, 15) is 0 Å². The van der Waals surface area contributed by atoms with Crippen LogP contribution in [0.1, 0.15) is 0 Å². The molecule has 6 heteroatoms. The highest BCUT2D eigenvalue weighted by Gasteiger charge is 2.09. The predicted octanol–water partition coefficient (Wildman–Crippen LogP) is 1.12. The lowest BCUT2D eigenvalue weighted by atomic mass is 10.3. The van der Waals surface area contributed by atoms with Crippen LogP contribution in [0.15, 0.2) is 22.7 Å². The summed E-state index contributed by atoms with van der Waals surface area (Å²) in [5.41, 5.74) is 0. The summed E-state index contributed by atoms with van der Waals surface area (Å²) < 4.78 is 2.01. The average molecular weight is 209 g/mol. The molecule has 0 saturated heterocycles. The zero-order valence-corrected chi connectivity index (χ0v) is 9.02. The summed E-state index contributed by atoms with van der Waals surface area (Å²) in [5, 5.41) is 11.2. The van der Waals surface area contributed by atoms with Gasteiger partial charge in [0, 0.05) is 0 Å². The van der Waals surface area contributed by atoms with Gasteiger partial charge >= 0.3 is 0 Å². The molecule has 0 aliphatic rings. The Morgan fingerprint density at radius 3 is 2.92 bits per heavy atom. The minimum atomic E-state index is 0.944. The minimum Gasteiger partial charge on any atom is -0.355 e. The summed E-state index contributed by atoms with van der Waals surface area (Å²) in [5.74, 6) is 0.944. The lowest BCUT2D eigenvalue weighted by molar-refractivity contribution is 0.949. The Hall–Kier alpha value is -0.745. The van der Waals surface area contributed by atoms with E-state index in [1.54, 1.807) is 23.1 Å². The lowest BCUT2D eigenvalue weighted by Gasteiger charge is -1.98. The summed E-state index contributed by atoms with van der Waals surface area (Å²) in [6.45, 7) is 0. The molecular weight excluding hydrogens is 201 g/mol. The molecule has 0 aliphatic heterocycles. The fourth-order valence-corrected chi connectivity index (χ4v) is 2.34. The van der Waals surface area contributed by atoms with E-state index in [4.69, 9.17) is 0 Å². The number of thioether (sulfide) groups is 1. The Balaban J connectivity index is 2.48. The highest BCUT2D eigenvalue weighted by molar-refractivity contribution is 7.98. The summed E-state index contributed by atoms with van der Waals surface area (Å²) in [7, 11) is 1.99. The molecule has 0 radical (unpaired) electrons. The normalized spacial score (nSPS) is 10.5. The van der Waals surface area contributed by atoms with Crippen molar-refractivity contribution >= 4 is 31.1 Å². The van der Waals surface area contributed by atoms with E-state index in [1.165, 1.54) is 0 Å². The molecule has 0 bridgehead atoms. The predicted molar refractivity (Wildman–Crippen MR) is 59.1 cm³/mol. The topological polar surface area (TPSA) is 30.7 Å². The van der Waals surface area contributed by atoms with Crippen LogP contribution in [0, 0.1) is 0 Å². The fraction of sp³-hybridized carbons (Fsp3) is 0.143. The van der Waals surface area contributed by atoms with Gasteiger partial charge in [-0.25, -0.2) is 0 Å². The highest BCUT2D eigenvalue weighted by atomic mass is 32.2. The number of nitrogens with zero attached hydrogens (tertiary/aromatic N) is 3. The SMILES string of the molecule is Bn1c(SC)nnc1-c1cccs1. The Kier molecular flexibility index (Phi) is 2.41. The van der Waals surface area contributed by atoms with Gasteiger partial charge in [0.2, 0.25) is 7.98 Å². The zero-order chi connectivity index (χ0) is 9.26. The molecule has 3 nitrogen and oxygen atoms in total. The third kappa shape index (κ3) is 1.51. The second-order valence-corrected chi connectivity index (χ2v) is 4.27. The second-order valence-electron chi connectivity index (χ2n) is 2.55. The van der Waals surface area contributed by atoms with Gasteiger partial charge in [-0.05, 0) is 17.7 Å². The highest BCUT2D eigenvalue weighted by Crippen LogP contribution is 2.24. The number of thiophene rings is 1. The molecule has 2 aromatic heterocycles. The Morgan fingerprint density at radius 2 is 2.38 bits per heavy atom. The van der Waals surface area contributed by atoms with Gasteiger partial charge in [0.1, 0.15) is 0 Å². The number of hydrogen-bond acceptors (Lipinski definition) is 4. The Bertz CT molecular complexity index is 396. The summed E-state index contributed by atoms with van der Waals surface area (Å²) in [6.07, 6.45) is 2.00. The molecule has 66 valence electrons. The van der Waals surface area contributed by atoms with Crippen molar-refractivity contribution in [2.75, 3.05) is 6.26 Å². The smallest absolute Gasteiger partial charge is 0.228 e. The maximum absolute atomic E-state index is 4.13. The first kappa shape index (κ1) is 8.84. The third-order valence-electron chi connectivity index (χ3n) is 1.76. The molecule has 2 heterocycles. The molecule has 0 aromatic carbocycles. The van der Waals surface area contributed by atoms with Gasteiger partial charge < -0.3 is 4.48 Å². The van der Waals surface area contributed by atoms with Crippen molar-refractivity contribution in [2.24, 2.45) is 0 Å². The fourth-order valence-electron chi connectivity index (χ4n) is 1.11. The standard InChI is InChI=1S/C7H8BN3S2/c1-12-7-10-9-6(11(7)8)5-3-2-4-13-5/h2-4H,8H2,1H3. The number of hydrogen-bond donors (Lipinski definition) is 0. The molecule has 2 aromatic rings. The zero-order valence-electron chi connectivity index (χ0n) is 7.39. The van der Waals surface area contributed by atoms with Crippen LogP contribution in [-0.2, 0) is 0 Å². The van der Waals surface area contributed by atoms with E-state index in [2.05, 4.69) is 16.3 Å². The van der Waals surface area contributed by atoms with E-state index in [1.807, 2.05) is 30.2 Å². The number of rotatable bonds is 2. The van der Waals surface area contributed by atoms with Crippen molar-refractivity contribution in [2.45, 2.75) is 5.16 Å². The van der Waals surface area contributed by atoms with Gasteiger partial charge in [-0.1, -0.05) is 17.8 Å². The lowest BCUT2D eigenvalue weighted by Crippen LogP contribution is -1.95. The second kappa shape index (κ2) is 3.55. The van der Waals surface area contributed by atoms with Crippen molar-refractivity contribution in [3.05, 3.63) is 17.5 Å². The first-order valence-electron chi connectivity index (χ1n) is 3.80. The monoisotopic (exact) mass is 209 g/mol. The van der Waals surface area contributed by atoms with Gasteiger partial charge in [0.05, 0.1) is 4.88 Å². The van der Waals surface area contributed by atoms with E-state index >= 15 is 0 Å². The first-order chi connectivity index (χ1) is 6.33. The van der Waals surface area contributed by atoms with Crippen LogP contribution in [0.4, 0.5) is 0 Å². The largest absolute Gasteiger partial charge is 0.355 e. The van der Waals surface area contributed by atoms with Crippen LogP contribution < -0.4 is 0 Å². The Morgan fingerprint density at radius 1 is 1.54 bits per heavy atom. The molecule has 0 saturated carbocycles. The summed E-state index contributed by atoms with van der Waals surface area (Å²) in [6, 6.07) is 4.08. The molecule has 0 unspecified atom stereocenters. The molecule has 0 aliphatic carbocycles. The molecule has 0 amide bonds. The molecule has 0 fully saturated rings. The van der Waals surface area contributed by atoms with Gasteiger partial charge in [-0.3, -0.25) is 0 Å². The quantitative estimate of drug-likeness (QED) is 0.548. The molecule has 0 atom stereocenters. The maximum Gasteiger partial charge on any atom is 0.228 e. The average Bonchev–Trinajstić information content (AvgIpc) is 2.72. The van der Waals surface area contributed by atoms with Crippen molar-refractivity contribution in [3.63, 3.8) is 0 Å². The van der Waals surface area contributed by atoms with Crippen molar-refractivity contribution < 1.29 is 0 Å². The molecule has 0 N–H and O–H groups in total. The molecular formula is C7H8BN3S2. The van der Waals surface area contributed by atoms with Crippen molar-refractivity contribution in [3.8, 4) is 10.7 Å². The van der Waals surface area contributed by atoms with Crippen LogP contribution in [-0.4, -0.2) is 28.9 Å². The van der Waals surface area contributed by atoms with E-state index in [-0.39, 0.29) is 0 Å². The molecule has 13 heavy (non-hydrogen) atoms. The van der Waals surface area contributed by atoms with Gasteiger partial charge in [0.25, 0.3) is 0 Å². The number of aromatic nitrogens is 3. The van der Waals surface area contributed by atoms with E-state index in [0.717, 1.165) is 15.9 Å². The summed E-state index contributed by atoms with van der Waals surface area (Å²) in [4.78, 5) is 1.16. The van der Waals surface area contributed by atoms with Crippen LogP contribution in [0.2, 0.25) is 0 Å². The molecule has 2 rings (SSSR count). The van der Waals surface area contributed by atoms with Gasteiger partial charge in [-0.2, -0.15) is 0 Å². The van der Waals surface area contributed by atoms with E-state index in [0.29, 0.717) is 0 Å². The molecule has 0 spiro atoms. The summed E-state index contributed by atoms with van der Waals surface area (Å²) >= 11 is 3.29. The van der Waals surface area contributed by atoms with Gasteiger partial charge in [-0.15, -0.1) is 21.5 Å². The van der Waals surface area contributed by atoms with Crippen LogP contribution in [0.3, 0.4) is 0 Å². The van der Waals surface area contributed by atoms with Crippen LogP contribution in [0.25, 0.3) is 10.7 Å². The van der Waals surface area contributed by atoms with Crippen molar-refractivity contribution in [1.82, 2.24) is 14.7 Å². The van der Waals surface area contributed by atoms with Crippen molar-refractivity contribution in [1.29, 1.82) is 0 Å².